The summed E-state index contributed by atoms with van der Waals surface area (Å²) in [6.45, 7) is 1.96. The van der Waals surface area contributed by atoms with Crippen LogP contribution in [0.3, 0.4) is 0 Å². The van der Waals surface area contributed by atoms with Crippen LogP contribution in [0.15, 0.2) is 40.9 Å². The predicted molar refractivity (Wildman–Crippen MR) is 79.9 cm³/mol. The second-order valence-electron chi connectivity index (χ2n) is 4.10. The van der Waals surface area contributed by atoms with Crippen LogP contribution >= 0.6 is 27.5 Å². The van der Waals surface area contributed by atoms with Crippen LogP contribution in [0.5, 0.6) is 5.75 Å². The number of hydrogen-bond donors (Lipinski definition) is 2. The van der Waals surface area contributed by atoms with E-state index in [2.05, 4.69) is 21.2 Å². The molecule has 0 aromatic heterocycles. The number of carbonyl (C=O) groups is 1. The van der Waals surface area contributed by atoms with E-state index in [1.807, 2.05) is 19.1 Å². The van der Waals surface area contributed by atoms with Crippen LogP contribution in [0, 0.1) is 6.92 Å². The number of rotatable bonds is 2. The van der Waals surface area contributed by atoms with Gasteiger partial charge in [0.25, 0.3) is 5.91 Å². The Morgan fingerprint density at radius 1 is 1.26 bits per heavy atom. The molecule has 0 aliphatic heterocycles. The van der Waals surface area contributed by atoms with Crippen LogP contribution in [0.25, 0.3) is 0 Å². The molecule has 0 aliphatic carbocycles. The molecular weight excluding hydrogens is 330 g/mol. The number of phenols is 1. The maximum absolute atomic E-state index is 12.0. The maximum Gasteiger partial charge on any atom is 0.259 e. The number of benzene rings is 2. The quantitative estimate of drug-likeness (QED) is 0.853. The van der Waals surface area contributed by atoms with Crippen molar-refractivity contribution in [3.8, 4) is 5.75 Å². The molecule has 0 fully saturated rings. The Labute approximate surface area is 124 Å². The SMILES string of the molecule is Cc1ccc(NC(=O)c2ccc(Cl)cc2O)c(Br)c1. The van der Waals surface area contributed by atoms with E-state index in [1.165, 1.54) is 12.1 Å². The fraction of sp³-hybridized carbons (Fsp3) is 0.0714. The van der Waals surface area contributed by atoms with Gasteiger partial charge >= 0.3 is 0 Å². The maximum atomic E-state index is 12.0. The molecule has 98 valence electrons. The van der Waals surface area contributed by atoms with Gasteiger partial charge < -0.3 is 10.4 Å². The topological polar surface area (TPSA) is 49.3 Å². The van der Waals surface area contributed by atoms with Gasteiger partial charge in [0.1, 0.15) is 5.75 Å². The van der Waals surface area contributed by atoms with E-state index in [-0.39, 0.29) is 11.3 Å². The second-order valence-corrected chi connectivity index (χ2v) is 5.39. The highest BCUT2D eigenvalue weighted by Crippen LogP contribution is 2.26. The first-order valence-corrected chi connectivity index (χ1v) is 6.70. The lowest BCUT2D eigenvalue weighted by molar-refractivity contribution is 0.102. The molecular formula is C14H11BrClNO2. The molecule has 19 heavy (non-hydrogen) atoms. The number of aryl methyl sites for hydroxylation is 1. The normalized spacial score (nSPS) is 10.3. The number of hydrogen-bond acceptors (Lipinski definition) is 2. The van der Waals surface area contributed by atoms with Gasteiger partial charge in [0, 0.05) is 9.50 Å². The van der Waals surface area contributed by atoms with Crippen molar-refractivity contribution in [1.82, 2.24) is 0 Å². The van der Waals surface area contributed by atoms with Crippen LogP contribution in [0.2, 0.25) is 5.02 Å². The Bertz CT molecular complexity index is 643. The number of carbonyl (C=O) groups excluding carboxylic acids is 1. The summed E-state index contributed by atoms with van der Waals surface area (Å²) in [5.74, 6) is -0.535. The van der Waals surface area contributed by atoms with Gasteiger partial charge in [0.2, 0.25) is 0 Å². The van der Waals surface area contributed by atoms with Crippen LogP contribution < -0.4 is 5.32 Å². The molecule has 1 amide bonds. The summed E-state index contributed by atoms with van der Waals surface area (Å²) < 4.78 is 0.786. The zero-order chi connectivity index (χ0) is 14.0. The molecule has 0 heterocycles. The summed E-state index contributed by atoms with van der Waals surface area (Å²) in [6, 6.07) is 9.96. The third-order valence-corrected chi connectivity index (χ3v) is 3.47. The Hall–Kier alpha value is -1.52. The standard InChI is InChI=1S/C14H11BrClNO2/c1-8-2-5-12(11(15)6-8)17-14(19)10-4-3-9(16)7-13(10)18/h2-7,18H,1H3,(H,17,19). The second kappa shape index (κ2) is 5.63. The van der Waals surface area contributed by atoms with E-state index in [0.29, 0.717) is 10.7 Å². The average Bonchev–Trinajstić information content (AvgIpc) is 2.32. The number of anilines is 1. The van der Waals surface area contributed by atoms with Crippen LogP contribution in [-0.4, -0.2) is 11.0 Å². The molecule has 2 N–H and O–H groups in total. The van der Waals surface area contributed by atoms with Gasteiger partial charge in [-0.05, 0) is 58.7 Å². The van der Waals surface area contributed by atoms with E-state index in [9.17, 15) is 9.90 Å². The average molecular weight is 341 g/mol. The monoisotopic (exact) mass is 339 g/mol. The van der Waals surface area contributed by atoms with Crippen LogP contribution in [-0.2, 0) is 0 Å². The number of phenolic OH excluding ortho intramolecular Hbond substituents is 1. The summed E-state index contributed by atoms with van der Waals surface area (Å²) in [7, 11) is 0. The number of nitrogens with one attached hydrogen (secondary N) is 1. The van der Waals surface area contributed by atoms with Crippen molar-refractivity contribution in [2.24, 2.45) is 0 Å². The van der Waals surface area contributed by atoms with Crippen molar-refractivity contribution in [2.45, 2.75) is 6.92 Å². The largest absolute Gasteiger partial charge is 0.507 e. The third-order valence-electron chi connectivity index (χ3n) is 2.58. The van der Waals surface area contributed by atoms with Gasteiger partial charge in [-0.1, -0.05) is 17.7 Å². The van der Waals surface area contributed by atoms with E-state index in [4.69, 9.17) is 11.6 Å². The van der Waals surface area contributed by atoms with Gasteiger partial charge in [-0.25, -0.2) is 0 Å². The lowest BCUT2D eigenvalue weighted by atomic mass is 10.1. The highest BCUT2D eigenvalue weighted by Gasteiger charge is 2.12. The number of aromatic hydroxyl groups is 1. The molecule has 0 bridgehead atoms. The fourth-order valence-electron chi connectivity index (χ4n) is 1.61. The van der Waals surface area contributed by atoms with Crippen LogP contribution in [0.1, 0.15) is 15.9 Å². The van der Waals surface area contributed by atoms with Gasteiger partial charge in [0.05, 0.1) is 11.3 Å². The van der Waals surface area contributed by atoms with Crippen molar-refractivity contribution in [3.63, 3.8) is 0 Å². The molecule has 2 rings (SSSR count). The van der Waals surface area contributed by atoms with Gasteiger partial charge in [-0.15, -0.1) is 0 Å². The molecule has 0 spiro atoms. The molecule has 0 radical (unpaired) electrons. The Morgan fingerprint density at radius 2 is 2.00 bits per heavy atom. The van der Waals surface area contributed by atoms with E-state index < -0.39 is 5.91 Å². The fourth-order valence-corrected chi connectivity index (χ4v) is 2.37. The Kier molecular flexibility index (Phi) is 4.12. The van der Waals surface area contributed by atoms with Crippen LogP contribution in [0.4, 0.5) is 5.69 Å². The van der Waals surface area contributed by atoms with Crippen molar-refractivity contribution in [3.05, 3.63) is 57.0 Å². The third kappa shape index (κ3) is 3.28. The molecule has 0 aliphatic rings. The van der Waals surface area contributed by atoms with Crippen molar-refractivity contribution < 1.29 is 9.90 Å². The molecule has 0 atom stereocenters. The Balaban J connectivity index is 2.25. The summed E-state index contributed by atoms with van der Waals surface area (Å²) in [4.78, 5) is 12.0. The first-order valence-electron chi connectivity index (χ1n) is 5.53. The van der Waals surface area contributed by atoms with Crippen molar-refractivity contribution in [1.29, 1.82) is 0 Å². The summed E-state index contributed by atoms with van der Waals surface area (Å²) in [5, 5.41) is 12.8. The summed E-state index contributed by atoms with van der Waals surface area (Å²) in [5.41, 5.74) is 1.90. The minimum atomic E-state index is -0.390. The first-order chi connectivity index (χ1) is 8.97. The van der Waals surface area contributed by atoms with E-state index in [1.54, 1.807) is 12.1 Å². The van der Waals surface area contributed by atoms with Gasteiger partial charge in [-0.2, -0.15) is 0 Å². The zero-order valence-corrected chi connectivity index (χ0v) is 12.4. The lowest BCUT2D eigenvalue weighted by Gasteiger charge is -2.09. The molecule has 0 saturated heterocycles. The van der Waals surface area contributed by atoms with E-state index in [0.717, 1.165) is 10.0 Å². The zero-order valence-electron chi connectivity index (χ0n) is 10.1. The minimum absolute atomic E-state index is 0.145. The van der Waals surface area contributed by atoms with Gasteiger partial charge in [-0.3, -0.25) is 4.79 Å². The molecule has 0 saturated carbocycles. The Morgan fingerprint density at radius 3 is 2.63 bits per heavy atom. The molecule has 0 unspecified atom stereocenters. The smallest absolute Gasteiger partial charge is 0.259 e. The lowest BCUT2D eigenvalue weighted by Crippen LogP contribution is -2.12. The minimum Gasteiger partial charge on any atom is -0.507 e. The highest BCUT2D eigenvalue weighted by molar-refractivity contribution is 9.10. The predicted octanol–water partition coefficient (Wildman–Crippen LogP) is 4.37. The van der Waals surface area contributed by atoms with Crippen molar-refractivity contribution >= 4 is 39.1 Å². The summed E-state index contributed by atoms with van der Waals surface area (Å²) >= 11 is 9.11. The van der Waals surface area contributed by atoms with E-state index >= 15 is 0 Å². The molecule has 5 heteroatoms. The molecule has 2 aromatic carbocycles. The first kappa shape index (κ1) is 13.9. The summed E-state index contributed by atoms with van der Waals surface area (Å²) in [6.07, 6.45) is 0. The molecule has 2 aromatic rings. The number of amides is 1. The van der Waals surface area contributed by atoms with Gasteiger partial charge in [0.15, 0.2) is 0 Å². The number of halogens is 2. The molecule has 3 nitrogen and oxygen atoms in total. The van der Waals surface area contributed by atoms with Crippen molar-refractivity contribution in [2.75, 3.05) is 5.32 Å². The highest BCUT2D eigenvalue weighted by atomic mass is 79.9.